The molecule has 0 aliphatic heterocycles. The van der Waals surface area contributed by atoms with Gasteiger partial charge in [-0.15, -0.1) is 0 Å². The molecule has 3 saturated carbocycles. The van der Waals surface area contributed by atoms with Crippen molar-refractivity contribution in [1.82, 2.24) is 10.6 Å². The maximum absolute atomic E-state index is 12.1. The average Bonchev–Trinajstić information content (AvgIpc) is 3.33. The third-order valence-electron chi connectivity index (χ3n) is 5.35. The highest BCUT2D eigenvalue weighted by molar-refractivity contribution is 5.76. The monoisotopic (exact) mass is 294 g/mol. The fraction of sp³-hybridized carbons (Fsp3) is 0.875. The summed E-state index contributed by atoms with van der Waals surface area (Å²) in [7, 11) is 0. The first kappa shape index (κ1) is 14.7. The third-order valence-corrected chi connectivity index (χ3v) is 5.35. The molecule has 3 N–H and O–H groups in total. The van der Waals surface area contributed by atoms with Crippen LogP contribution in [0.1, 0.15) is 51.4 Å². The second-order valence-corrected chi connectivity index (χ2v) is 7.03. The molecule has 5 heteroatoms. The first-order valence-corrected chi connectivity index (χ1v) is 8.42. The smallest absolute Gasteiger partial charge is 0.315 e. The number of carboxylic acids is 1. The Hall–Kier alpha value is -1.26. The van der Waals surface area contributed by atoms with E-state index in [0.717, 1.165) is 37.6 Å². The quantitative estimate of drug-likeness (QED) is 0.703. The van der Waals surface area contributed by atoms with Gasteiger partial charge in [-0.25, -0.2) is 4.79 Å². The number of nitrogens with one attached hydrogen (secondary N) is 2. The fourth-order valence-electron chi connectivity index (χ4n) is 3.80. The van der Waals surface area contributed by atoms with Crippen molar-refractivity contribution in [3.63, 3.8) is 0 Å². The van der Waals surface area contributed by atoms with Gasteiger partial charge in [-0.1, -0.05) is 12.8 Å². The van der Waals surface area contributed by atoms with Crippen LogP contribution in [0.5, 0.6) is 0 Å². The molecule has 5 nitrogen and oxygen atoms in total. The maximum atomic E-state index is 12.1. The molecular weight excluding hydrogens is 268 g/mol. The van der Waals surface area contributed by atoms with E-state index in [2.05, 4.69) is 10.6 Å². The molecule has 0 radical (unpaired) electrons. The van der Waals surface area contributed by atoms with Gasteiger partial charge in [-0.2, -0.15) is 0 Å². The minimum Gasteiger partial charge on any atom is -0.481 e. The van der Waals surface area contributed by atoms with Crippen molar-refractivity contribution in [2.75, 3.05) is 6.54 Å². The van der Waals surface area contributed by atoms with Crippen molar-refractivity contribution in [1.29, 1.82) is 0 Å². The van der Waals surface area contributed by atoms with Crippen LogP contribution in [0.15, 0.2) is 0 Å². The van der Waals surface area contributed by atoms with Gasteiger partial charge in [0.1, 0.15) is 0 Å². The van der Waals surface area contributed by atoms with Crippen LogP contribution in [0.2, 0.25) is 0 Å². The fourth-order valence-corrected chi connectivity index (χ4v) is 3.80. The Labute approximate surface area is 125 Å². The summed E-state index contributed by atoms with van der Waals surface area (Å²) in [5, 5.41) is 15.1. The highest BCUT2D eigenvalue weighted by Gasteiger charge is 2.41. The summed E-state index contributed by atoms with van der Waals surface area (Å²) in [5.41, 5.74) is 0. The van der Waals surface area contributed by atoms with E-state index in [9.17, 15) is 14.7 Å². The normalized spacial score (nSPS) is 29.2. The van der Waals surface area contributed by atoms with Gasteiger partial charge in [-0.05, 0) is 56.3 Å². The molecule has 0 aromatic rings. The summed E-state index contributed by atoms with van der Waals surface area (Å²) in [6.07, 6.45) is 8.65. The molecule has 2 unspecified atom stereocenters. The Morgan fingerprint density at radius 2 is 1.62 bits per heavy atom. The van der Waals surface area contributed by atoms with Crippen molar-refractivity contribution in [3.8, 4) is 0 Å². The second kappa shape index (κ2) is 6.24. The largest absolute Gasteiger partial charge is 0.481 e. The minimum absolute atomic E-state index is 0.181. The van der Waals surface area contributed by atoms with Crippen LogP contribution in [0, 0.1) is 23.7 Å². The van der Waals surface area contributed by atoms with Crippen LogP contribution >= 0.6 is 0 Å². The van der Waals surface area contributed by atoms with Crippen molar-refractivity contribution in [2.45, 2.75) is 57.4 Å². The Kier molecular flexibility index (Phi) is 4.36. The highest BCUT2D eigenvalue weighted by Crippen LogP contribution is 2.48. The van der Waals surface area contributed by atoms with Crippen LogP contribution in [0.4, 0.5) is 4.79 Å². The highest BCUT2D eigenvalue weighted by atomic mass is 16.4. The van der Waals surface area contributed by atoms with Gasteiger partial charge in [0.25, 0.3) is 0 Å². The predicted octanol–water partition coefficient (Wildman–Crippen LogP) is 2.37. The van der Waals surface area contributed by atoms with Crippen LogP contribution in [0.3, 0.4) is 0 Å². The number of carbonyl (C=O) groups is 2. The molecule has 0 bridgehead atoms. The van der Waals surface area contributed by atoms with E-state index in [1.807, 2.05) is 0 Å². The van der Waals surface area contributed by atoms with E-state index in [1.165, 1.54) is 25.7 Å². The predicted molar refractivity (Wildman–Crippen MR) is 78.9 cm³/mol. The molecule has 2 atom stereocenters. The summed E-state index contributed by atoms with van der Waals surface area (Å²) in [4.78, 5) is 23.3. The molecule has 3 aliphatic carbocycles. The number of carboxylic acid groups (broad SMARTS) is 1. The summed E-state index contributed by atoms with van der Waals surface area (Å²) >= 11 is 0. The zero-order chi connectivity index (χ0) is 14.8. The van der Waals surface area contributed by atoms with Crippen molar-refractivity contribution < 1.29 is 14.7 Å². The lowest BCUT2D eigenvalue weighted by Crippen LogP contribution is -2.49. The first-order valence-electron chi connectivity index (χ1n) is 8.42. The first-order chi connectivity index (χ1) is 10.1. The molecule has 0 aromatic carbocycles. The Bertz CT molecular complexity index is 392. The number of rotatable bonds is 6. The van der Waals surface area contributed by atoms with E-state index in [4.69, 9.17) is 0 Å². The Morgan fingerprint density at radius 3 is 2.19 bits per heavy atom. The lowest BCUT2D eigenvalue weighted by molar-refractivity contribution is -0.143. The molecule has 0 heterocycles. The van der Waals surface area contributed by atoms with E-state index in [0.29, 0.717) is 12.3 Å². The molecule has 118 valence electrons. The maximum Gasteiger partial charge on any atom is 0.315 e. The van der Waals surface area contributed by atoms with E-state index in [-0.39, 0.29) is 12.1 Å². The lowest BCUT2D eigenvalue weighted by Gasteiger charge is -2.29. The zero-order valence-electron chi connectivity index (χ0n) is 12.5. The molecule has 3 fully saturated rings. The van der Waals surface area contributed by atoms with Gasteiger partial charge in [0.05, 0.1) is 5.92 Å². The molecule has 3 aliphatic rings. The molecule has 0 saturated heterocycles. The van der Waals surface area contributed by atoms with E-state index < -0.39 is 11.9 Å². The molecule has 0 aromatic heterocycles. The van der Waals surface area contributed by atoms with E-state index in [1.54, 1.807) is 0 Å². The summed E-state index contributed by atoms with van der Waals surface area (Å²) in [6, 6.07) is -0.393. The molecule has 2 amide bonds. The molecule has 3 rings (SSSR count). The summed E-state index contributed by atoms with van der Waals surface area (Å²) in [6.45, 7) is 0.756. The van der Waals surface area contributed by atoms with Crippen LogP contribution in [-0.2, 0) is 4.79 Å². The number of hydrogen-bond acceptors (Lipinski definition) is 2. The van der Waals surface area contributed by atoms with Crippen molar-refractivity contribution in [3.05, 3.63) is 0 Å². The second-order valence-electron chi connectivity index (χ2n) is 7.03. The standard InChI is InChI=1S/C16H26N2O3/c19-15(20)12-3-1-2-4-14(12)18-16(21)17-9-13(10-5-6-10)11-7-8-11/h10-14H,1-9H2,(H,19,20)(H2,17,18,21). The van der Waals surface area contributed by atoms with Gasteiger partial charge < -0.3 is 15.7 Å². The third kappa shape index (κ3) is 3.89. The number of urea groups is 1. The van der Waals surface area contributed by atoms with E-state index >= 15 is 0 Å². The summed E-state index contributed by atoms with van der Waals surface area (Å²) < 4.78 is 0. The Morgan fingerprint density at radius 1 is 1.00 bits per heavy atom. The zero-order valence-corrected chi connectivity index (χ0v) is 12.5. The van der Waals surface area contributed by atoms with Gasteiger partial charge in [0.2, 0.25) is 0 Å². The SMILES string of the molecule is O=C(NCC(C1CC1)C1CC1)NC1CCCCC1C(=O)O. The molecule has 21 heavy (non-hydrogen) atoms. The van der Waals surface area contributed by atoms with Gasteiger partial charge >= 0.3 is 12.0 Å². The van der Waals surface area contributed by atoms with Crippen molar-refractivity contribution in [2.24, 2.45) is 23.7 Å². The van der Waals surface area contributed by atoms with Gasteiger partial charge in [0, 0.05) is 12.6 Å². The average molecular weight is 294 g/mol. The number of hydrogen-bond donors (Lipinski definition) is 3. The number of amides is 2. The Balaban J connectivity index is 1.45. The topological polar surface area (TPSA) is 78.4 Å². The van der Waals surface area contributed by atoms with Crippen LogP contribution < -0.4 is 10.6 Å². The van der Waals surface area contributed by atoms with Gasteiger partial charge in [0.15, 0.2) is 0 Å². The van der Waals surface area contributed by atoms with Crippen LogP contribution in [-0.4, -0.2) is 29.7 Å². The minimum atomic E-state index is -0.783. The summed E-state index contributed by atoms with van der Waals surface area (Å²) in [5.74, 6) is 1.08. The number of aliphatic carboxylic acids is 1. The van der Waals surface area contributed by atoms with Crippen LogP contribution in [0.25, 0.3) is 0 Å². The molecule has 0 spiro atoms. The lowest BCUT2D eigenvalue weighted by atomic mass is 9.84. The molecular formula is C16H26N2O3. The number of carbonyl (C=O) groups excluding carboxylic acids is 1. The van der Waals surface area contributed by atoms with Crippen molar-refractivity contribution >= 4 is 12.0 Å². The van der Waals surface area contributed by atoms with Gasteiger partial charge in [-0.3, -0.25) is 4.79 Å².